The monoisotopic (exact) mass is 233 g/mol. The van der Waals surface area contributed by atoms with Crippen molar-refractivity contribution in [3.05, 3.63) is 18.6 Å². The molecule has 0 aliphatic carbocycles. The molecule has 90 valence electrons. The summed E-state index contributed by atoms with van der Waals surface area (Å²) in [7, 11) is 0. The van der Waals surface area contributed by atoms with Gasteiger partial charge >= 0.3 is 0 Å². The third-order valence-corrected chi connectivity index (χ3v) is 2.43. The Labute approximate surface area is 99.3 Å². The molecule has 2 heterocycles. The van der Waals surface area contributed by atoms with Crippen LogP contribution in [0, 0.1) is 0 Å². The number of hydrogen-bond acceptors (Lipinski definition) is 6. The molecular formula is C10H15N7. The SMILES string of the molecule is CCN(CC)c1nc(N)n(-c2cnccn2)n1. The van der Waals surface area contributed by atoms with Gasteiger partial charge in [0.05, 0.1) is 6.20 Å². The van der Waals surface area contributed by atoms with Gasteiger partial charge in [-0.15, -0.1) is 5.10 Å². The number of hydrogen-bond donors (Lipinski definition) is 1. The van der Waals surface area contributed by atoms with Crippen LogP contribution >= 0.6 is 0 Å². The lowest BCUT2D eigenvalue weighted by Gasteiger charge is -2.15. The quantitative estimate of drug-likeness (QED) is 0.827. The molecule has 7 heteroatoms. The van der Waals surface area contributed by atoms with Crippen LogP contribution in [0.4, 0.5) is 11.9 Å². The summed E-state index contributed by atoms with van der Waals surface area (Å²) in [4.78, 5) is 14.3. The first-order chi connectivity index (χ1) is 8.26. The Morgan fingerprint density at radius 1 is 1.29 bits per heavy atom. The Kier molecular flexibility index (Phi) is 3.17. The van der Waals surface area contributed by atoms with Gasteiger partial charge in [-0.2, -0.15) is 9.67 Å². The number of nitrogens with two attached hydrogens (primary N) is 1. The molecule has 0 aliphatic rings. The van der Waals surface area contributed by atoms with E-state index in [9.17, 15) is 0 Å². The van der Waals surface area contributed by atoms with Crippen LogP contribution in [0.15, 0.2) is 18.6 Å². The molecule has 0 saturated carbocycles. The van der Waals surface area contributed by atoms with Crippen LogP contribution in [-0.2, 0) is 0 Å². The predicted octanol–water partition coefficient (Wildman–Crippen LogP) is 0.486. The van der Waals surface area contributed by atoms with E-state index >= 15 is 0 Å². The van der Waals surface area contributed by atoms with Gasteiger partial charge in [-0.25, -0.2) is 4.98 Å². The molecule has 2 N–H and O–H groups in total. The average molecular weight is 233 g/mol. The summed E-state index contributed by atoms with van der Waals surface area (Å²) >= 11 is 0. The lowest BCUT2D eigenvalue weighted by atomic mass is 10.5. The van der Waals surface area contributed by atoms with E-state index in [4.69, 9.17) is 5.73 Å². The molecule has 0 aromatic carbocycles. The molecule has 0 amide bonds. The van der Waals surface area contributed by atoms with E-state index in [0.29, 0.717) is 17.7 Å². The topological polar surface area (TPSA) is 85.8 Å². The van der Waals surface area contributed by atoms with Crippen molar-refractivity contribution >= 4 is 11.9 Å². The van der Waals surface area contributed by atoms with Crippen LogP contribution in [0.25, 0.3) is 5.82 Å². The van der Waals surface area contributed by atoms with E-state index in [1.54, 1.807) is 18.6 Å². The van der Waals surface area contributed by atoms with Gasteiger partial charge in [0.1, 0.15) is 0 Å². The van der Waals surface area contributed by atoms with Crippen LogP contribution in [0.1, 0.15) is 13.8 Å². The highest BCUT2D eigenvalue weighted by Gasteiger charge is 2.13. The fourth-order valence-corrected chi connectivity index (χ4v) is 1.52. The van der Waals surface area contributed by atoms with Crippen LogP contribution < -0.4 is 10.6 Å². The van der Waals surface area contributed by atoms with E-state index in [0.717, 1.165) is 13.1 Å². The van der Waals surface area contributed by atoms with Gasteiger partial charge in [-0.3, -0.25) is 4.98 Å². The molecule has 2 aromatic rings. The summed E-state index contributed by atoms with van der Waals surface area (Å²) in [6.07, 6.45) is 4.78. The first-order valence-corrected chi connectivity index (χ1v) is 5.50. The normalized spacial score (nSPS) is 10.5. The molecule has 2 aromatic heterocycles. The molecule has 0 unspecified atom stereocenters. The van der Waals surface area contributed by atoms with Crippen LogP contribution in [0.3, 0.4) is 0 Å². The summed E-state index contributed by atoms with van der Waals surface area (Å²) in [5.74, 6) is 1.49. The lowest BCUT2D eigenvalue weighted by molar-refractivity contribution is 0.791. The number of anilines is 2. The molecular weight excluding hydrogens is 218 g/mol. The smallest absolute Gasteiger partial charge is 0.247 e. The third kappa shape index (κ3) is 2.17. The number of nitrogen functional groups attached to an aromatic ring is 1. The zero-order chi connectivity index (χ0) is 12.3. The van der Waals surface area contributed by atoms with Crippen LogP contribution in [-0.4, -0.2) is 37.8 Å². The molecule has 0 saturated heterocycles. The molecule has 0 spiro atoms. The van der Waals surface area contributed by atoms with E-state index in [-0.39, 0.29) is 0 Å². The van der Waals surface area contributed by atoms with E-state index in [1.807, 2.05) is 18.7 Å². The predicted molar refractivity (Wildman–Crippen MR) is 64.9 cm³/mol. The summed E-state index contributed by atoms with van der Waals surface area (Å²) in [6, 6.07) is 0. The Morgan fingerprint density at radius 3 is 2.65 bits per heavy atom. The highest BCUT2D eigenvalue weighted by molar-refractivity contribution is 5.39. The van der Waals surface area contributed by atoms with E-state index in [2.05, 4.69) is 20.1 Å². The summed E-state index contributed by atoms with van der Waals surface area (Å²) in [6.45, 7) is 5.76. The maximum Gasteiger partial charge on any atom is 0.247 e. The minimum Gasteiger partial charge on any atom is -0.368 e. The molecule has 0 fully saturated rings. The third-order valence-electron chi connectivity index (χ3n) is 2.43. The highest BCUT2D eigenvalue weighted by Crippen LogP contribution is 2.13. The minimum absolute atomic E-state index is 0.312. The Balaban J connectivity index is 2.37. The standard InChI is InChI=1S/C10H15N7/c1-3-16(4-2)10-14-9(11)17(15-10)8-7-12-5-6-13-8/h5-7H,3-4H2,1-2H3,(H2,11,14,15). The van der Waals surface area contributed by atoms with Crippen molar-refractivity contribution in [2.24, 2.45) is 0 Å². The largest absolute Gasteiger partial charge is 0.368 e. The average Bonchev–Trinajstić information content (AvgIpc) is 2.74. The van der Waals surface area contributed by atoms with Crippen molar-refractivity contribution in [3.63, 3.8) is 0 Å². The highest BCUT2D eigenvalue weighted by atomic mass is 15.5. The fourth-order valence-electron chi connectivity index (χ4n) is 1.52. The molecule has 0 atom stereocenters. The summed E-state index contributed by atoms with van der Waals surface area (Å²) in [5, 5.41) is 4.33. The van der Waals surface area contributed by atoms with Gasteiger partial charge in [0.25, 0.3) is 0 Å². The number of aromatic nitrogens is 5. The van der Waals surface area contributed by atoms with Crippen molar-refractivity contribution in [1.29, 1.82) is 0 Å². The minimum atomic E-state index is 0.312. The molecule has 0 radical (unpaired) electrons. The second-order valence-corrected chi connectivity index (χ2v) is 3.42. The van der Waals surface area contributed by atoms with Crippen molar-refractivity contribution < 1.29 is 0 Å². The second kappa shape index (κ2) is 4.77. The first-order valence-electron chi connectivity index (χ1n) is 5.50. The maximum atomic E-state index is 5.82. The van der Waals surface area contributed by atoms with Crippen LogP contribution in [0.2, 0.25) is 0 Å². The number of rotatable bonds is 4. The van der Waals surface area contributed by atoms with Gasteiger partial charge in [-0.1, -0.05) is 0 Å². The Bertz CT molecular complexity index is 475. The van der Waals surface area contributed by atoms with Crippen molar-refractivity contribution in [2.75, 3.05) is 23.7 Å². The van der Waals surface area contributed by atoms with Crippen LogP contribution in [0.5, 0.6) is 0 Å². The van der Waals surface area contributed by atoms with Gasteiger partial charge in [0.2, 0.25) is 11.9 Å². The van der Waals surface area contributed by atoms with E-state index < -0.39 is 0 Å². The van der Waals surface area contributed by atoms with Gasteiger partial charge in [0.15, 0.2) is 5.82 Å². The van der Waals surface area contributed by atoms with E-state index in [1.165, 1.54) is 4.68 Å². The molecule has 0 bridgehead atoms. The van der Waals surface area contributed by atoms with Crippen molar-refractivity contribution in [2.45, 2.75) is 13.8 Å². The van der Waals surface area contributed by atoms with Crippen molar-refractivity contribution in [1.82, 2.24) is 24.7 Å². The summed E-state index contributed by atoms with van der Waals surface area (Å²) < 4.78 is 1.49. The summed E-state index contributed by atoms with van der Waals surface area (Å²) in [5.41, 5.74) is 5.82. The molecule has 0 aliphatic heterocycles. The van der Waals surface area contributed by atoms with Gasteiger partial charge in [-0.05, 0) is 13.8 Å². The molecule has 2 rings (SSSR count). The van der Waals surface area contributed by atoms with Gasteiger partial charge in [0, 0.05) is 25.5 Å². The maximum absolute atomic E-state index is 5.82. The second-order valence-electron chi connectivity index (χ2n) is 3.42. The van der Waals surface area contributed by atoms with Gasteiger partial charge < -0.3 is 10.6 Å². The zero-order valence-corrected chi connectivity index (χ0v) is 9.91. The Hall–Kier alpha value is -2.18. The molecule has 7 nitrogen and oxygen atoms in total. The first kappa shape index (κ1) is 11.3. The number of nitrogens with zero attached hydrogens (tertiary/aromatic N) is 6. The lowest BCUT2D eigenvalue weighted by Crippen LogP contribution is -2.23. The fraction of sp³-hybridized carbons (Fsp3) is 0.400. The zero-order valence-electron chi connectivity index (χ0n) is 9.91. The van der Waals surface area contributed by atoms with Crippen molar-refractivity contribution in [3.8, 4) is 5.82 Å². The molecule has 17 heavy (non-hydrogen) atoms. The Morgan fingerprint density at radius 2 is 2.06 bits per heavy atom.